The van der Waals surface area contributed by atoms with Crippen molar-refractivity contribution in [3.05, 3.63) is 35.4 Å². The second-order valence-electron chi connectivity index (χ2n) is 4.32. The Morgan fingerprint density at radius 2 is 1.82 bits per heavy atom. The summed E-state index contributed by atoms with van der Waals surface area (Å²) in [7, 11) is 0. The lowest BCUT2D eigenvalue weighted by atomic mass is 10.1. The second-order valence-corrected chi connectivity index (χ2v) is 4.88. The summed E-state index contributed by atoms with van der Waals surface area (Å²) in [5, 5.41) is 2.84. The summed E-state index contributed by atoms with van der Waals surface area (Å²) in [4.78, 5) is 11.9. The molecular formula is C13H17BrN2O. The van der Waals surface area contributed by atoms with Gasteiger partial charge in [0.15, 0.2) is 0 Å². The zero-order valence-corrected chi connectivity index (χ0v) is 11.4. The van der Waals surface area contributed by atoms with E-state index in [1.807, 2.05) is 29.3 Å². The van der Waals surface area contributed by atoms with Crippen LogP contribution in [0.25, 0.3) is 0 Å². The van der Waals surface area contributed by atoms with Crippen molar-refractivity contribution >= 4 is 21.8 Å². The van der Waals surface area contributed by atoms with Crippen LogP contribution in [0.15, 0.2) is 24.3 Å². The van der Waals surface area contributed by atoms with Gasteiger partial charge in [-0.25, -0.2) is 5.01 Å². The number of carbonyl (C=O) groups is 1. The number of amides is 1. The molecule has 4 heteroatoms. The Morgan fingerprint density at radius 3 is 2.41 bits per heavy atom. The van der Waals surface area contributed by atoms with Gasteiger partial charge in [-0.2, -0.15) is 0 Å². The number of benzene rings is 1. The number of hydrogen-bond acceptors (Lipinski definition) is 2. The lowest BCUT2D eigenvalue weighted by Crippen LogP contribution is -2.45. The standard InChI is InChI=1S/C13H17BrN2O/c14-10-11-4-6-12(7-5-11)13(17)15-16-8-2-1-3-9-16/h4-7H,1-3,8-10H2,(H,15,17). The molecule has 1 aliphatic rings. The van der Waals surface area contributed by atoms with Gasteiger partial charge in [-0.15, -0.1) is 0 Å². The lowest BCUT2D eigenvalue weighted by molar-refractivity contribution is 0.0750. The Labute approximate surface area is 110 Å². The van der Waals surface area contributed by atoms with Crippen LogP contribution >= 0.6 is 15.9 Å². The molecular weight excluding hydrogens is 280 g/mol. The highest BCUT2D eigenvalue weighted by atomic mass is 79.9. The molecule has 2 rings (SSSR count). The Balaban J connectivity index is 1.93. The normalized spacial score (nSPS) is 16.8. The van der Waals surface area contributed by atoms with Crippen LogP contribution in [0.1, 0.15) is 35.2 Å². The fourth-order valence-electron chi connectivity index (χ4n) is 1.96. The van der Waals surface area contributed by atoms with Gasteiger partial charge in [0.05, 0.1) is 0 Å². The van der Waals surface area contributed by atoms with Crippen LogP contribution in [0.4, 0.5) is 0 Å². The average Bonchev–Trinajstić information content (AvgIpc) is 2.40. The maximum atomic E-state index is 11.9. The fraction of sp³-hybridized carbons (Fsp3) is 0.462. The van der Waals surface area contributed by atoms with E-state index in [9.17, 15) is 4.79 Å². The molecule has 1 heterocycles. The van der Waals surface area contributed by atoms with Gasteiger partial charge in [-0.3, -0.25) is 10.2 Å². The number of hydrogen-bond donors (Lipinski definition) is 1. The van der Waals surface area contributed by atoms with Crippen molar-refractivity contribution in [1.29, 1.82) is 0 Å². The number of hydrazine groups is 1. The van der Waals surface area contributed by atoms with Crippen molar-refractivity contribution in [3.63, 3.8) is 0 Å². The molecule has 0 saturated carbocycles. The van der Waals surface area contributed by atoms with E-state index >= 15 is 0 Å². The van der Waals surface area contributed by atoms with Gasteiger partial charge in [0.1, 0.15) is 0 Å². The molecule has 0 aliphatic carbocycles. The van der Waals surface area contributed by atoms with E-state index in [1.165, 1.54) is 24.8 Å². The Morgan fingerprint density at radius 1 is 1.18 bits per heavy atom. The number of alkyl halides is 1. The molecule has 1 amide bonds. The molecule has 0 bridgehead atoms. The Hall–Kier alpha value is -0.870. The molecule has 1 N–H and O–H groups in total. The van der Waals surface area contributed by atoms with Crippen molar-refractivity contribution < 1.29 is 4.79 Å². The van der Waals surface area contributed by atoms with Gasteiger partial charge in [-0.05, 0) is 30.5 Å². The van der Waals surface area contributed by atoms with Crippen LogP contribution < -0.4 is 5.43 Å². The summed E-state index contributed by atoms with van der Waals surface area (Å²) < 4.78 is 0. The number of nitrogens with zero attached hydrogens (tertiary/aromatic N) is 1. The molecule has 1 aromatic carbocycles. The largest absolute Gasteiger partial charge is 0.285 e. The van der Waals surface area contributed by atoms with E-state index in [0.717, 1.165) is 24.0 Å². The van der Waals surface area contributed by atoms with E-state index in [0.29, 0.717) is 0 Å². The highest BCUT2D eigenvalue weighted by Gasteiger charge is 2.13. The number of nitrogens with one attached hydrogen (secondary N) is 1. The van der Waals surface area contributed by atoms with Crippen molar-refractivity contribution in [2.24, 2.45) is 0 Å². The summed E-state index contributed by atoms with van der Waals surface area (Å²) in [6.45, 7) is 1.93. The highest BCUT2D eigenvalue weighted by Crippen LogP contribution is 2.09. The number of rotatable bonds is 3. The van der Waals surface area contributed by atoms with Gasteiger partial charge >= 0.3 is 0 Å². The maximum absolute atomic E-state index is 11.9. The topological polar surface area (TPSA) is 32.3 Å². The predicted molar refractivity (Wildman–Crippen MR) is 72.0 cm³/mol. The Kier molecular flexibility index (Phi) is 4.57. The van der Waals surface area contributed by atoms with Crippen LogP contribution in [-0.2, 0) is 5.33 Å². The molecule has 1 fully saturated rings. The van der Waals surface area contributed by atoms with E-state index in [-0.39, 0.29) is 5.91 Å². The van der Waals surface area contributed by atoms with Gasteiger partial charge in [-0.1, -0.05) is 34.5 Å². The number of halogens is 1. The highest BCUT2D eigenvalue weighted by molar-refractivity contribution is 9.08. The molecule has 0 unspecified atom stereocenters. The SMILES string of the molecule is O=C(NN1CCCCC1)c1ccc(CBr)cc1. The first-order chi connectivity index (χ1) is 8.29. The molecule has 1 aliphatic heterocycles. The number of piperidine rings is 1. The van der Waals surface area contributed by atoms with E-state index in [4.69, 9.17) is 0 Å². The van der Waals surface area contributed by atoms with Crippen LogP contribution in [0.2, 0.25) is 0 Å². The quantitative estimate of drug-likeness (QED) is 0.870. The summed E-state index contributed by atoms with van der Waals surface area (Å²) >= 11 is 3.39. The third-order valence-electron chi connectivity index (χ3n) is 2.99. The molecule has 1 aromatic rings. The fourth-order valence-corrected chi connectivity index (χ4v) is 2.33. The molecule has 0 atom stereocenters. The Bertz CT molecular complexity index is 372. The molecule has 92 valence electrons. The first-order valence-electron chi connectivity index (χ1n) is 6.00. The van der Waals surface area contributed by atoms with Gasteiger partial charge in [0.2, 0.25) is 0 Å². The maximum Gasteiger partial charge on any atom is 0.265 e. The van der Waals surface area contributed by atoms with E-state index in [2.05, 4.69) is 21.4 Å². The van der Waals surface area contributed by atoms with E-state index in [1.54, 1.807) is 0 Å². The lowest BCUT2D eigenvalue weighted by Gasteiger charge is -2.26. The molecule has 1 saturated heterocycles. The molecule has 0 spiro atoms. The minimum Gasteiger partial charge on any atom is -0.285 e. The summed E-state index contributed by atoms with van der Waals surface area (Å²) in [5.41, 5.74) is 4.86. The zero-order chi connectivity index (χ0) is 12.1. The van der Waals surface area contributed by atoms with Crippen molar-refractivity contribution in [1.82, 2.24) is 10.4 Å². The van der Waals surface area contributed by atoms with Crippen LogP contribution in [0.5, 0.6) is 0 Å². The minimum absolute atomic E-state index is 0.00646. The van der Waals surface area contributed by atoms with Crippen LogP contribution in [0, 0.1) is 0 Å². The van der Waals surface area contributed by atoms with Gasteiger partial charge in [0.25, 0.3) is 5.91 Å². The molecule has 0 aromatic heterocycles. The summed E-state index contributed by atoms with van der Waals surface area (Å²) in [6.07, 6.45) is 3.61. The zero-order valence-electron chi connectivity index (χ0n) is 9.79. The third kappa shape index (κ3) is 3.54. The third-order valence-corrected chi connectivity index (χ3v) is 3.63. The average molecular weight is 297 g/mol. The second kappa shape index (κ2) is 6.17. The van der Waals surface area contributed by atoms with Crippen molar-refractivity contribution in [2.75, 3.05) is 13.1 Å². The monoisotopic (exact) mass is 296 g/mol. The van der Waals surface area contributed by atoms with Crippen molar-refractivity contribution in [3.8, 4) is 0 Å². The van der Waals surface area contributed by atoms with E-state index < -0.39 is 0 Å². The molecule has 3 nitrogen and oxygen atoms in total. The summed E-state index contributed by atoms with van der Waals surface area (Å²) in [6, 6.07) is 7.69. The number of carbonyl (C=O) groups excluding carboxylic acids is 1. The van der Waals surface area contributed by atoms with Gasteiger partial charge in [0, 0.05) is 24.0 Å². The minimum atomic E-state index is -0.00646. The summed E-state index contributed by atoms with van der Waals surface area (Å²) in [5.74, 6) is -0.00646. The first kappa shape index (κ1) is 12.6. The van der Waals surface area contributed by atoms with Crippen molar-refractivity contribution in [2.45, 2.75) is 24.6 Å². The predicted octanol–water partition coefficient (Wildman–Crippen LogP) is 2.71. The first-order valence-corrected chi connectivity index (χ1v) is 7.12. The van der Waals surface area contributed by atoms with Crippen LogP contribution in [-0.4, -0.2) is 24.0 Å². The van der Waals surface area contributed by atoms with Gasteiger partial charge < -0.3 is 0 Å². The molecule has 17 heavy (non-hydrogen) atoms. The molecule has 0 radical (unpaired) electrons. The van der Waals surface area contributed by atoms with Crippen LogP contribution in [0.3, 0.4) is 0 Å². The smallest absolute Gasteiger partial charge is 0.265 e.